The molecule has 0 N–H and O–H groups in total. The second-order valence-electron chi connectivity index (χ2n) is 2.55. The normalized spacial score (nSPS) is 10.8. The van der Waals surface area contributed by atoms with E-state index in [1.807, 2.05) is 0 Å². The zero-order valence-electron chi connectivity index (χ0n) is 5.52. The minimum absolute atomic E-state index is 0.727. The Morgan fingerprint density at radius 3 is 2.12 bits per heavy atom. The summed E-state index contributed by atoms with van der Waals surface area (Å²) in [6, 6.07) is 0. The van der Waals surface area contributed by atoms with Crippen LogP contribution in [0, 0.1) is 4.20 Å². The molecule has 0 radical (unpaired) electrons. The van der Waals surface area contributed by atoms with E-state index in [0.717, 1.165) is 6.61 Å². The fourth-order valence-corrected chi connectivity index (χ4v) is 1.37. The first-order valence-electron chi connectivity index (χ1n) is 2.55. The van der Waals surface area contributed by atoms with Crippen molar-refractivity contribution in [3.05, 3.63) is 0 Å². The molecule has 0 aromatic heterocycles. The van der Waals surface area contributed by atoms with E-state index in [4.69, 9.17) is 4.43 Å². The molecule has 0 saturated heterocycles. The quantitative estimate of drug-likeness (QED) is 0.699. The van der Waals surface area contributed by atoms with Crippen molar-refractivity contribution in [3.63, 3.8) is 0 Å². The summed E-state index contributed by atoms with van der Waals surface area (Å²) in [5.74, 6) is 0. The average molecular weight is 299 g/mol. The Morgan fingerprint density at radius 2 is 2.00 bits per heavy atom. The van der Waals surface area contributed by atoms with E-state index in [9.17, 15) is 0 Å². The van der Waals surface area contributed by atoms with Gasteiger partial charge in [0, 0.05) is 0 Å². The molecule has 0 aromatic carbocycles. The molecule has 46 valence electrons. The Bertz CT molecular complexity index is 100.0. The van der Waals surface area contributed by atoms with Crippen LogP contribution in [-0.4, -0.2) is 14.9 Å². The van der Waals surface area contributed by atoms with Gasteiger partial charge in [-0.15, -0.1) is 0 Å². The van der Waals surface area contributed by atoms with Gasteiger partial charge >= 0.3 is 62.3 Å². The summed E-state index contributed by atoms with van der Waals surface area (Å²) in [6.07, 6.45) is 0. The summed E-state index contributed by atoms with van der Waals surface area (Å²) in [5, 5.41) is 0. The van der Waals surface area contributed by atoms with Gasteiger partial charge in [-0.3, -0.25) is 0 Å². The molecule has 0 unspecified atom stereocenters. The molecule has 0 amide bonds. The second kappa shape index (κ2) is 3.63. The van der Waals surface area contributed by atoms with E-state index in [1.165, 1.54) is 19.2 Å². The van der Waals surface area contributed by atoms with E-state index in [2.05, 4.69) is 23.8 Å². The van der Waals surface area contributed by atoms with Crippen LogP contribution in [0.25, 0.3) is 0 Å². The predicted molar refractivity (Wildman–Crippen MR) is 33.2 cm³/mol. The monoisotopic (exact) mass is 299 g/mol. The molecule has 0 aliphatic rings. The molecule has 0 spiro atoms. The van der Waals surface area contributed by atoms with Crippen LogP contribution in [0.2, 0.25) is 19.6 Å². The minimum atomic E-state index is -1.23. The van der Waals surface area contributed by atoms with Crippen molar-refractivity contribution in [3.8, 4) is 4.20 Å². The van der Waals surface area contributed by atoms with Gasteiger partial charge < -0.3 is 0 Å². The Balaban J connectivity index is 3.28. The van der Waals surface area contributed by atoms with Crippen molar-refractivity contribution in [1.29, 1.82) is 0 Å². The van der Waals surface area contributed by atoms with Gasteiger partial charge in [-0.1, -0.05) is 0 Å². The summed E-state index contributed by atoms with van der Waals surface area (Å²) < 4.78 is 8.45. The van der Waals surface area contributed by atoms with Crippen molar-refractivity contribution in [2.75, 3.05) is 6.61 Å². The average Bonchev–Trinajstić information content (AvgIpc) is 1.59. The van der Waals surface area contributed by atoms with Gasteiger partial charge in [0.25, 0.3) is 0 Å². The SMILES string of the molecule is C[Si](C)(C)OC[C]#[W+]. The molecule has 0 aliphatic heterocycles. The van der Waals surface area contributed by atoms with E-state index >= 15 is 0 Å². The first-order valence-corrected chi connectivity index (χ1v) is 7.43. The first-order chi connectivity index (χ1) is 3.56. The third-order valence-electron chi connectivity index (χ3n) is 0.564. The zero-order chi connectivity index (χ0) is 6.62. The van der Waals surface area contributed by atoms with E-state index < -0.39 is 8.32 Å². The van der Waals surface area contributed by atoms with Gasteiger partial charge in [-0.05, 0) is 0 Å². The number of rotatable bonds is 2. The van der Waals surface area contributed by atoms with Gasteiger partial charge in [-0.2, -0.15) is 0 Å². The fourth-order valence-electron chi connectivity index (χ4n) is 0.246. The molecule has 0 rings (SSSR count). The van der Waals surface area contributed by atoms with Gasteiger partial charge in [0.05, 0.1) is 0 Å². The third-order valence-corrected chi connectivity index (χ3v) is 2.00. The van der Waals surface area contributed by atoms with Crippen molar-refractivity contribution < 1.29 is 23.6 Å². The summed E-state index contributed by atoms with van der Waals surface area (Å²) in [6.45, 7) is 7.27. The fraction of sp³-hybridized carbons (Fsp3) is 0.800. The van der Waals surface area contributed by atoms with Crippen LogP contribution in [0.15, 0.2) is 0 Å². The third kappa shape index (κ3) is 6.65. The molecule has 8 heavy (non-hydrogen) atoms. The molecule has 0 saturated carbocycles. The van der Waals surface area contributed by atoms with E-state index in [-0.39, 0.29) is 0 Å². The molecule has 0 atom stereocenters. The molecule has 1 nitrogen and oxygen atoms in total. The zero-order valence-corrected chi connectivity index (χ0v) is 9.46. The van der Waals surface area contributed by atoms with Crippen LogP contribution in [-0.2, 0) is 23.6 Å². The maximum atomic E-state index is 5.43. The van der Waals surface area contributed by atoms with Crippen LogP contribution >= 0.6 is 0 Å². The van der Waals surface area contributed by atoms with E-state index in [1.54, 1.807) is 0 Å². The summed E-state index contributed by atoms with van der Waals surface area (Å²) in [4.78, 5) is 0. The summed E-state index contributed by atoms with van der Waals surface area (Å²) >= 11 is 1.37. The standard InChI is InChI=1S/C5H11OSi.W/c1-5-6-7(2,3)4;/h5H2,2-4H3;/q;+1. The van der Waals surface area contributed by atoms with Crippen LogP contribution in [0.5, 0.6) is 0 Å². The number of hydrogen-bond acceptors (Lipinski definition) is 1. The van der Waals surface area contributed by atoms with Gasteiger partial charge in [0.2, 0.25) is 0 Å². The summed E-state index contributed by atoms with van der Waals surface area (Å²) in [7, 11) is -1.23. The molecular formula is C5H11OSiW+. The second-order valence-corrected chi connectivity index (χ2v) is 8.10. The molecule has 0 bridgehead atoms. The summed E-state index contributed by atoms with van der Waals surface area (Å²) in [5.41, 5.74) is 0. The number of hydrogen-bond donors (Lipinski definition) is 0. The molecule has 0 heterocycles. The molecule has 0 fully saturated rings. The van der Waals surface area contributed by atoms with Crippen molar-refractivity contribution in [2.45, 2.75) is 19.6 Å². The maximum absolute atomic E-state index is 5.43. The van der Waals surface area contributed by atoms with Gasteiger partial charge in [0.15, 0.2) is 0 Å². The van der Waals surface area contributed by atoms with Crippen molar-refractivity contribution >= 4 is 8.32 Å². The van der Waals surface area contributed by atoms with Crippen LogP contribution < -0.4 is 0 Å². The van der Waals surface area contributed by atoms with Gasteiger partial charge in [0.1, 0.15) is 0 Å². The van der Waals surface area contributed by atoms with E-state index in [0.29, 0.717) is 0 Å². The Labute approximate surface area is 62.6 Å². The topological polar surface area (TPSA) is 9.23 Å². The van der Waals surface area contributed by atoms with Crippen LogP contribution in [0.4, 0.5) is 0 Å². The molecule has 0 aliphatic carbocycles. The van der Waals surface area contributed by atoms with Crippen molar-refractivity contribution in [2.24, 2.45) is 0 Å². The molecule has 0 aromatic rings. The Kier molecular flexibility index (Phi) is 3.92. The predicted octanol–water partition coefficient (Wildman–Crippen LogP) is 1.34. The van der Waals surface area contributed by atoms with Crippen molar-refractivity contribution in [1.82, 2.24) is 0 Å². The molecule has 3 heteroatoms. The Morgan fingerprint density at radius 1 is 1.50 bits per heavy atom. The van der Waals surface area contributed by atoms with Crippen LogP contribution in [0.3, 0.4) is 0 Å². The van der Waals surface area contributed by atoms with Crippen LogP contribution in [0.1, 0.15) is 0 Å². The molecular weight excluding hydrogens is 288 g/mol. The first kappa shape index (κ1) is 8.65. The Hall–Kier alpha value is 0.645. The van der Waals surface area contributed by atoms with Gasteiger partial charge in [-0.25, -0.2) is 0 Å².